The lowest BCUT2D eigenvalue weighted by Gasteiger charge is -2.19. The smallest absolute Gasteiger partial charge is 0.220 e. The summed E-state index contributed by atoms with van der Waals surface area (Å²) in [4.78, 5) is 16.6. The SMILES string of the molecule is O=C(CCCCCCn1cc(-c2cccnc2)nn1)NCC(c1ccccc1)c1ccccc1. The average Bonchev–Trinajstić information content (AvgIpc) is 3.37. The molecule has 2 aromatic heterocycles. The molecular weight excluding hydrogens is 422 g/mol. The van der Waals surface area contributed by atoms with Crippen LogP contribution in [0.25, 0.3) is 11.3 Å². The zero-order chi connectivity index (χ0) is 23.4. The number of benzene rings is 2. The molecule has 34 heavy (non-hydrogen) atoms. The van der Waals surface area contributed by atoms with Gasteiger partial charge in [0.15, 0.2) is 0 Å². The van der Waals surface area contributed by atoms with Gasteiger partial charge in [0.25, 0.3) is 0 Å². The van der Waals surface area contributed by atoms with Crippen molar-refractivity contribution in [2.75, 3.05) is 6.54 Å². The molecule has 4 rings (SSSR count). The van der Waals surface area contributed by atoms with Crippen molar-refractivity contribution in [3.63, 3.8) is 0 Å². The van der Waals surface area contributed by atoms with Gasteiger partial charge in [-0.2, -0.15) is 0 Å². The summed E-state index contributed by atoms with van der Waals surface area (Å²) < 4.78 is 1.88. The third kappa shape index (κ3) is 6.85. The van der Waals surface area contributed by atoms with Gasteiger partial charge in [0.2, 0.25) is 5.91 Å². The van der Waals surface area contributed by atoms with Gasteiger partial charge in [-0.15, -0.1) is 5.10 Å². The van der Waals surface area contributed by atoms with E-state index in [2.05, 4.69) is 44.9 Å². The van der Waals surface area contributed by atoms with Crippen LogP contribution in [0.15, 0.2) is 91.4 Å². The van der Waals surface area contributed by atoms with Gasteiger partial charge in [-0.25, -0.2) is 0 Å². The van der Waals surface area contributed by atoms with Crippen molar-refractivity contribution in [2.45, 2.75) is 44.6 Å². The monoisotopic (exact) mass is 453 g/mol. The number of carbonyl (C=O) groups excluding carboxylic acids is 1. The predicted molar refractivity (Wildman–Crippen MR) is 134 cm³/mol. The van der Waals surface area contributed by atoms with E-state index in [-0.39, 0.29) is 11.8 Å². The van der Waals surface area contributed by atoms with E-state index in [1.54, 1.807) is 12.4 Å². The maximum Gasteiger partial charge on any atom is 0.220 e. The second-order valence-corrected chi connectivity index (χ2v) is 8.45. The van der Waals surface area contributed by atoms with E-state index in [1.807, 2.05) is 59.4 Å². The summed E-state index contributed by atoms with van der Waals surface area (Å²) in [5.74, 6) is 0.278. The van der Waals surface area contributed by atoms with Crippen LogP contribution in [-0.4, -0.2) is 32.4 Å². The molecule has 1 amide bonds. The first-order valence-electron chi connectivity index (χ1n) is 12.0. The van der Waals surface area contributed by atoms with Crippen LogP contribution in [0.1, 0.15) is 49.1 Å². The van der Waals surface area contributed by atoms with Gasteiger partial charge in [0.05, 0.1) is 6.20 Å². The van der Waals surface area contributed by atoms with Gasteiger partial charge in [-0.3, -0.25) is 14.5 Å². The summed E-state index contributed by atoms with van der Waals surface area (Å²) in [6.07, 6.45) is 10.1. The van der Waals surface area contributed by atoms with Crippen molar-refractivity contribution in [3.8, 4) is 11.3 Å². The number of pyridine rings is 1. The highest BCUT2D eigenvalue weighted by molar-refractivity contribution is 5.76. The zero-order valence-corrected chi connectivity index (χ0v) is 19.4. The molecular formula is C28H31N5O. The number of hydrogen-bond donors (Lipinski definition) is 1. The molecule has 0 unspecified atom stereocenters. The van der Waals surface area contributed by atoms with Crippen LogP contribution in [0.3, 0.4) is 0 Å². The molecule has 0 atom stereocenters. The van der Waals surface area contributed by atoms with Crippen LogP contribution in [0.5, 0.6) is 0 Å². The van der Waals surface area contributed by atoms with Crippen molar-refractivity contribution < 1.29 is 4.79 Å². The van der Waals surface area contributed by atoms with Crippen LogP contribution in [0.4, 0.5) is 0 Å². The fourth-order valence-electron chi connectivity index (χ4n) is 4.07. The van der Waals surface area contributed by atoms with Gasteiger partial charge >= 0.3 is 0 Å². The van der Waals surface area contributed by atoms with Crippen LogP contribution in [-0.2, 0) is 11.3 Å². The van der Waals surface area contributed by atoms with E-state index in [9.17, 15) is 4.79 Å². The summed E-state index contributed by atoms with van der Waals surface area (Å²) in [6, 6.07) is 24.6. The van der Waals surface area contributed by atoms with Crippen LogP contribution in [0, 0.1) is 0 Å². The lowest BCUT2D eigenvalue weighted by molar-refractivity contribution is -0.121. The van der Waals surface area contributed by atoms with Crippen LogP contribution >= 0.6 is 0 Å². The highest BCUT2D eigenvalue weighted by atomic mass is 16.1. The molecule has 174 valence electrons. The van der Waals surface area contributed by atoms with E-state index >= 15 is 0 Å². The summed E-state index contributed by atoms with van der Waals surface area (Å²) in [5.41, 5.74) is 4.25. The Bertz CT molecular complexity index is 1090. The molecule has 0 aliphatic rings. The number of aromatic nitrogens is 4. The Morgan fingerprint density at radius 2 is 1.56 bits per heavy atom. The first-order chi connectivity index (χ1) is 16.8. The first kappa shape index (κ1) is 23.4. The quantitative estimate of drug-likeness (QED) is 0.298. The zero-order valence-electron chi connectivity index (χ0n) is 19.4. The minimum atomic E-state index is 0.120. The topological polar surface area (TPSA) is 72.7 Å². The van der Waals surface area contributed by atoms with Gasteiger partial charge in [0.1, 0.15) is 5.69 Å². The summed E-state index contributed by atoms with van der Waals surface area (Å²) in [5, 5.41) is 11.6. The Labute approximate surface area is 201 Å². The van der Waals surface area contributed by atoms with E-state index in [1.165, 1.54) is 11.1 Å². The number of nitrogens with zero attached hydrogens (tertiary/aromatic N) is 4. The number of nitrogens with one attached hydrogen (secondary N) is 1. The molecule has 0 radical (unpaired) electrons. The number of unbranched alkanes of at least 4 members (excludes halogenated alkanes) is 3. The second kappa shape index (κ2) is 12.4. The summed E-state index contributed by atoms with van der Waals surface area (Å²) in [7, 11) is 0. The van der Waals surface area contributed by atoms with E-state index in [0.717, 1.165) is 43.5 Å². The number of aryl methyl sites for hydroxylation is 1. The fraction of sp³-hybridized carbons (Fsp3) is 0.286. The Morgan fingerprint density at radius 1 is 0.853 bits per heavy atom. The Balaban J connectivity index is 1.15. The normalized spacial score (nSPS) is 11.0. The maximum absolute atomic E-state index is 12.5. The number of rotatable bonds is 12. The molecule has 0 aliphatic carbocycles. The number of amides is 1. The van der Waals surface area contributed by atoms with Crippen molar-refractivity contribution in [1.29, 1.82) is 0 Å². The Kier molecular flexibility index (Phi) is 8.55. The van der Waals surface area contributed by atoms with E-state index in [0.29, 0.717) is 13.0 Å². The second-order valence-electron chi connectivity index (χ2n) is 8.45. The molecule has 0 aliphatic heterocycles. The summed E-state index contributed by atoms with van der Waals surface area (Å²) in [6.45, 7) is 1.44. The first-order valence-corrected chi connectivity index (χ1v) is 12.0. The number of hydrogen-bond acceptors (Lipinski definition) is 4. The molecule has 2 heterocycles. The molecule has 0 bridgehead atoms. The number of carbonyl (C=O) groups is 1. The van der Waals surface area contributed by atoms with Gasteiger partial charge < -0.3 is 5.32 Å². The Hall–Kier alpha value is -3.80. The maximum atomic E-state index is 12.5. The largest absolute Gasteiger partial charge is 0.355 e. The van der Waals surface area contributed by atoms with Crippen molar-refractivity contribution >= 4 is 5.91 Å². The fourth-order valence-corrected chi connectivity index (χ4v) is 4.07. The van der Waals surface area contributed by atoms with E-state index < -0.39 is 0 Å². The lowest BCUT2D eigenvalue weighted by atomic mass is 9.91. The van der Waals surface area contributed by atoms with Gasteiger partial charge in [-0.1, -0.05) is 78.7 Å². The van der Waals surface area contributed by atoms with Crippen molar-refractivity contribution in [2.24, 2.45) is 0 Å². The highest BCUT2D eigenvalue weighted by Gasteiger charge is 2.15. The van der Waals surface area contributed by atoms with Gasteiger partial charge in [-0.05, 0) is 36.1 Å². The third-order valence-electron chi connectivity index (χ3n) is 5.94. The lowest BCUT2D eigenvalue weighted by Crippen LogP contribution is -2.28. The molecule has 6 nitrogen and oxygen atoms in total. The van der Waals surface area contributed by atoms with Crippen LogP contribution < -0.4 is 5.32 Å². The molecule has 4 aromatic rings. The molecule has 0 spiro atoms. The van der Waals surface area contributed by atoms with E-state index in [4.69, 9.17) is 0 Å². The average molecular weight is 454 g/mol. The summed E-state index contributed by atoms with van der Waals surface area (Å²) >= 11 is 0. The molecule has 0 fully saturated rings. The highest BCUT2D eigenvalue weighted by Crippen LogP contribution is 2.23. The molecule has 2 aromatic carbocycles. The molecule has 1 N–H and O–H groups in total. The predicted octanol–water partition coefficient (Wildman–Crippen LogP) is 5.24. The minimum absolute atomic E-state index is 0.120. The van der Waals surface area contributed by atoms with Crippen molar-refractivity contribution in [1.82, 2.24) is 25.3 Å². The molecule has 6 heteroatoms. The minimum Gasteiger partial charge on any atom is -0.355 e. The molecule has 0 saturated carbocycles. The third-order valence-corrected chi connectivity index (χ3v) is 5.94. The standard InChI is InChI=1S/C28H31N5O/c34-28(30-21-26(23-12-5-3-6-13-23)24-14-7-4-8-15-24)17-9-1-2-10-19-33-22-27(31-32-33)25-16-11-18-29-20-25/h3-8,11-16,18,20,22,26H,1-2,9-10,17,19,21H2,(H,30,34). The molecule has 0 saturated heterocycles. The van der Waals surface area contributed by atoms with Crippen molar-refractivity contribution in [3.05, 3.63) is 103 Å². The van der Waals surface area contributed by atoms with Crippen LogP contribution in [0.2, 0.25) is 0 Å². The van der Waals surface area contributed by atoms with Gasteiger partial charge in [0, 0.05) is 43.4 Å². The Morgan fingerprint density at radius 3 is 2.24 bits per heavy atom.